The van der Waals surface area contributed by atoms with Gasteiger partial charge in [-0.15, -0.1) is 0 Å². The van der Waals surface area contributed by atoms with Crippen molar-refractivity contribution in [2.45, 2.75) is 52.9 Å². The van der Waals surface area contributed by atoms with Crippen LogP contribution in [0.3, 0.4) is 0 Å². The predicted molar refractivity (Wildman–Crippen MR) is 115 cm³/mol. The second-order valence-corrected chi connectivity index (χ2v) is 7.51. The number of rotatable bonds is 7. The van der Waals surface area contributed by atoms with E-state index in [-0.39, 0.29) is 17.6 Å². The Morgan fingerprint density at radius 1 is 1.28 bits per heavy atom. The number of amides is 1. The maximum Gasteiger partial charge on any atom is 0.226 e. The monoisotopic (exact) mass is 393 g/mol. The van der Waals surface area contributed by atoms with Gasteiger partial charge in [-0.25, -0.2) is 14.4 Å². The minimum atomic E-state index is -0.226. The molecule has 1 N–H and O–H groups in total. The molecule has 0 bridgehead atoms. The third-order valence-corrected chi connectivity index (χ3v) is 4.99. The van der Waals surface area contributed by atoms with Crippen LogP contribution in [0, 0.1) is 11.7 Å². The van der Waals surface area contributed by atoms with E-state index in [1.807, 2.05) is 38.2 Å². The van der Waals surface area contributed by atoms with Crippen molar-refractivity contribution < 1.29 is 9.18 Å². The highest BCUT2D eigenvalue weighted by Gasteiger charge is 2.22. The van der Waals surface area contributed by atoms with Gasteiger partial charge in [-0.3, -0.25) is 4.79 Å². The van der Waals surface area contributed by atoms with Crippen LogP contribution in [0.25, 0.3) is 11.3 Å². The molecular weight excluding hydrogens is 365 g/mol. The molecule has 1 aliphatic rings. The number of nitrogens with zero attached hydrogens (tertiary/aromatic N) is 2. The molecule has 1 unspecified atom stereocenters. The van der Waals surface area contributed by atoms with Crippen LogP contribution in [-0.4, -0.2) is 15.9 Å². The molecule has 0 aliphatic heterocycles. The van der Waals surface area contributed by atoms with E-state index in [4.69, 9.17) is 9.97 Å². The van der Waals surface area contributed by atoms with Crippen LogP contribution >= 0.6 is 0 Å². The molecule has 2 aromatic rings. The van der Waals surface area contributed by atoms with E-state index in [1.165, 1.54) is 6.07 Å². The fourth-order valence-corrected chi connectivity index (χ4v) is 3.57. The number of allylic oxidation sites excluding steroid dienone is 4. The standard InChI is InChI=1S/C24H28FN3O/c1-4-6-7-9-16(3)14-22(29)28-24-21(8-5-2)26-23-19-12-11-18(25)15-17(19)10-13-20(23)27-24/h4,6-7,9,11-12,15-16H,5,8,10,13-14H2,1-3H3,(H,27,28,29)/b6-4-,9-7-. The number of hydrogen-bond donors (Lipinski definition) is 1. The van der Waals surface area contributed by atoms with E-state index in [2.05, 4.69) is 12.2 Å². The summed E-state index contributed by atoms with van der Waals surface area (Å²) < 4.78 is 13.6. The number of halogens is 1. The first-order valence-electron chi connectivity index (χ1n) is 10.3. The molecule has 1 amide bonds. The van der Waals surface area contributed by atoms with E-state index in [0.29, 0.717) is 18.7 Å². The summed E-state index contributed by atoms with van der Waals surface area (Å²) in [6.07, 6.45) is 11.3. The first-order chi connectivity index (χ1) is 14.0. The minimum Gasteiger partial charge on any atom is -0.309 e. The maximum absolute atomic E-state index is 13.6. The average Bonchev–Trinajstić information content (AvgIpc) is 2.68. The molecule has 0 saturated heterocycles. The van der Waals surface area contributed by atoms with Crippen molar-refractivity contribution in [3.8, 4) is 11.3 Å². The van der Waals surface area contributed by atoms with Gasteiger partial charge in [0.05, 0.1) is 17.1 Å². The van der Waals surface area contributed by atoms with Crippen molar-refractivity contribution in [3.63, 3.8) is 0 Å². The van der Waals surface area contributed by atoms with Gasteiger partial charge in [0.15, 0.2) is 5.82 Å². The highest BCUT2D eigenvalue weighted by molar-refractivity contribution is 5.90. The molecule has 1 heterocycles. The molecular formula is C24H28FN3O. The van der Waals surface area contributed by atoms with Gasteiger partial charge in [-0.05, 0) is 55.9 Å². The number of nitrogens with one attached hydrogen (secondary N) is 1. The van der Waals surface area contributed by atoms with Crippen molar-refractivity contribution in [2.24, 2.45) is 5.92 Å². The summed E-state index contributed by atoms with van der Waals surface area (Å²) in [5, 5.41) is 2.98. The van der Waals surface area contributed by atoms with Gasteiger partial charge in [0.25, 0.3) is 0 Å². The highest BCUT2D eigenvalue weighted by Crippen LogP contribution is 2.33. The number of aromatic nitrogens is 2. The smallest absolute Gasteiger partial charge is 0.226 e. The molecule has 0 fully saturated rings. The highest BCUT2D eigenvalue weighted by atomic mass is 19.1. The molecule has 0 spiro atoms. The van der Waals surface area contributed by atoms with Crippen molar-refractivity contribution >= 4 is 11.7 Å². The Balaban J connectivity index is 1.85. The third kappa shape index (κ3) is 5.17. The van der Waals surface area contributed by atoms with Crippen molar-refractivity contribution in [1.29, 1.82) is 0 Å². The van der Waals surface area contributed by atoms with E-state index in [9.17, 15) is 9.18 Å². The SMILES string of the molecule is C/C=C\C=C/C(C)CC(=O)Nc1nc2c(nc1CCC)-c1ccc(F)cc1CC2. The topological polar surface area (TPSA) is 54.9 Å². The molecule has 1 atom stereocenters. The largest absolute Gasteiger partial charge is 0.309 e. The van der Waals surface area contributed by atoms with Gasteiger partial charge >= 0.3 is 0 Å². The molecule has 4 nitrogen and oxygen atoms in total. The molecule has 0 saturated carbocycles. The van der Waals surface area contributed by atoms with E-state index >= 15 is 0 Å². The van der Waals surface area contributed by atoms with Crippen LogP contribution in [0.1, 0.15) is 50.6 Å². The number of aryl methyl sites for hydroxylation is 3. The number of benzene rings is 1. The summed E-state index contributed by atoms with van der Waals surface area (Å²) in [5.74, 6) is 0.405. The zero-order chi connectivity index (χ0) is 20.8. The minimum absolute atomic E-state index is 0.0625. The first-order valence-corrected chi connectivity index (χ1v) is 10.3. The molecule has 1 aliphatic carbocycles. The number of carbonyl (C=O) groups excluding carboxylic acids is 1. The average molecular weight is 394 g/mol. The second kappa shape index (κ2) is 9.59. The summed E-state index contributed by atoms with van der Waals surface area (Å²) in [6, 6.07) is 4.83. The summed E-state index contributed by atoms with van der Waals surface area (Å²) in [4.78, 5) is 22.1. The van der Waals surface area contributed by atoms with E-state index < -0.39 is 0 Å². The van der Waals surface area contributed by atoms with Gasteiger partial charge in [0, 0.05) is 12.0 Å². The Bertz CT molecular complexity index is 949. The number of carbonyl (C=O) groups is 1. The Labute approximate surface area is 172 Å². The molecule has 1 aromatic heterocycles. The Hall–Kier alpha value is -2.82. The Morgan fingerprint density at radius 3 is 2.86 bits per heavy atom. The predicted octanol–water partition coefficient (Wildman–Crippen LogP) is 5.43. The zero-order valence-corrected chi connectivity index (χ0v) is 17.3. The Morgan fingerprint density at radius 2 is 2.10 bits per heavy atom. The lowest BCUT2D eigenvalue weighted by Crippen LogP contribution is -2.19. The van der Waals surface area contributed by atoms with Gasteiger partial charge < -0.3 is 5.32 Å². The summed E-state index contributed by atoms with van der Waals surface area (Å²) in [6.45, 7) is 6.05. The lowest BCUT2D eigenvalue weighted by molar-refractivity contribution is -0.116. The van der Waals surface area contributed by atoms with Crippen LogP contribution in [0.2, 0.25) is 0 Å². The molecule has 5 heteroatoms. The lowest BCUT2D eigenvalue weighted by Gasteiger charge is -2.21. The quantitative estimate of drug-likeness (QED) is 0.638. The van der Waals surface area contributed by atoms with Crippen LogP contribution in [0.15, 0.2) is 42.5 Å². The maximum atomic E-state index is 13.6. The Kier molecular flexibility index (Phi) is 6.91. The molecule has 3 rings (SSSR count). The molecule has 1 aromatic carbocycles. The van der Waals surface area contributed by atoms with Crippen LogP contribution in [-0.2, 0) is 24.1 Å². The fourth-order valence-electron chi connectivity index (χ4n) is 3.57. The third-order valence-electron chi connectivity index (χ3n) is 4.99. The van der Waals surface area contributed by atoms with Crippen LogP contribution in [0.4, 0.5) is 10.2 Å². The number of anilines is 1. The van der Waals surface area contributed by atoms with Crippen LogP contribution in [0.5, 0.6) is 0 Å². The number of hydrogen-bond acceptors (Lipinski definition) is 3. The van der Waals surface area contributed by atoms with E-state index in [0.717, 1.165) is 47.5 Å². The lowest BCUT2D eigenvalue weighted by atomic mass is 9.91. The van der Waals surface area contributed by atoms with Crippen molar-refractivity contribution in [1.82, 2.24) is 9.97 Å². The summed E-state index contributed by atoms with van der Waals surface area (Å²) in [7, 11) is 0. The van der Waals surface area contributed by atoms with Gasteiger partial charge in [-0.1, -0.05) is 44.6 Å². The van der Waals surface area contributed by atoms with Crippen molar-refractivity contribution in [3.05, 3.63) is 65.3 Å². The van der Waals surface area contributed by atoms with Gasteiger partial charge in [0.2, 0.25) is 5.91 Å². The first kappa shape index (κ1) is 20.9. The fraction of sp³-hybridized carbons (Fsp3) is 0.375. The van der Waals surface area contributed by atoms with Gasteiger partial charge in [0.1, 0.15) is 5.82 Å². The normalized spacial score (nSPS) is 14.1. The second-order valence-electron chi connectivity index (χ2n) is 7.51. The molecule has 29 heavy (non-hydrogen) atoms. The molecule has 152 valence electrons. The van der Waals surface area contributed by atoms with Crippen LogP contribution < -0.4 is 5.32 Å². The number of fused-ring (bicyclic) bond motifs is 3. The summed E-state index contributed by atoms with van der Waals surface area (Å²) in [5.41, 5.74) is 4.37. The summed E-state index contributed by atoms with van der Waals surface area (Å²) >= 11 is 0. The van der Waals surface area contributed by atoms with Crippen molar-refractivity contribution in [2.75, 3.05) is 5.32 Å². The zero-order valence-electron chi connectivity index (χ0n) is 17.3. The molecule has 0 radical (unpaired) electrons. The van der Waals surface area contributed by atoms with E-state index in [1.54, 1.807) is 12.1 Å². The van der Waals surface area contributed by atoms with Gasteiger partial charge in [-0.2, -0.15) is 0 Å².